The lowest BCUT2D eigenvalue weighted by Crippen LogP contribution is -1.87. The molecule has 1 aliphatic rings. The van der Waals surface area contributed by atoms with Crippen LogP contribution in [-0.2, 0) is 6.42 Å². The van der Waals surface area contributed by atoms with E-state index in [-0.39, 0.29) is 11.7 Å². The highest BCUT2D eigenvalue weighted by Gasteiger charge is 2.21. The quantitative estimate of drug-likeness (QED) is 0.628. The summed E-state index contributed by atoms with van der Waals surface area (Å²) < 4.78 is 0. The summed E-state index contributed by atoms with van der Waals surface area (Å²) in [6, 6.07) is 7.52. The third-order valence-corrected chi connectivity index (χ3v) is 2.36. The third-order valence-electron chi connectivity index (χ3n) is 2.36. The van der Waals surface area contributed by atoms with Gasteiger partial charge in [0.05, 0.1) is 12.0 Å². The van der Waals surface area contributed by atoms with Crippen LogP contribution in [0.2, 0.25) is 0 Å². The predicted octanol–water partition coefficient (Wildman–Crippen LogP) is 1.95. The number of fused-ring (bicyclic) bond motifs is 1. The minimum Gasteiger partial charge on any atom is -0.508 e. The van der Waals surface area contributed by atoms with Crippen molar-refractivity contribution in [1.82, 2.24) is 0 Å². The molecule has 1 atom stereocenters. The monoisotopic (exact) mass is 159 g/mol. The summed E-state index contributed by atoms with van der Waals surface area (Å²) >= 11 is 0. The van der Waals surface area contributed by atoms with Crippen LogP contribution in [0.4, 0.5) is 0 Å². The van der Waals surface area contributed by atoms with Crippen molar-refractivity contribution in [2.24, 2.45) is 0 Å². The van der Waals surface area contributed by atoms with Crippen molar-refractivity contribution in [2.75, 3.05) is 0 Å². The van der Waals surface area contributed by atoms with Crippen LogP contribution in [0.25, 0.3) is 0 Å². The lowest BCUT2D eigenvalue weighted by atomic mass is 10.0. The summed E-state index contributed by atoms with van der Waals surface area (Å²) in [7, 11) is 0. The lowest BCUT2D eigenvalue weighted by molar-refractivity contribution is 0.474. The van der Waals surface area contributed by atoms with Gasteiger partial charge in [-0.05, 0) is 36.1 Å². The Kier molecular flexibility index (Phi) is 1.51. The van der Waals surface area contributed by atoms with Crippen LogP contribution < -0.4 is 0 Å². The van der Waals surface area contributed by atoms with E-state index in [0.29, 0.717) is 0 Å². The van der Waals surface area contributed by atoms with Gasteiger partial charge in [0.1, 0.15) is 5.75 Å². The SMILES string of the molecule is N#CC1CCc2ccc(O)cc21. The summed E-state index contributed by atoms with van der Waals surface area (Å²) in [5, 5.41) is 18.0. The molecule has 0 fully saturated rings. The van der Waals surface area contributed by atoms with Crippen molar-refractivity contribution < 1.29 is 5.11 Å². The maximum atomic E-state index is 9.20. The van der Waals surface area contributed by atoms with Crippen LogP contribution in [-0.4, -0.2) is 5.11 Å². The van der Waals surface area contributed by atoms with Gasteiger partial charge in [0.2, 0.25) is 0 Å². The molecule has 2 rings (SSSR count). The lowest BCUT2D eigenvalue weighted by Gasteiger charge is -2.01. The Morgan fingerprint density at radius 1 is 1.50 bits per heavy atom. The van der Waals surface area contributed by atoms with Gasteiger partial charge in [-0.15, -0.1) is 0 Å². The standard InChI is InChI=1S/C10H9NO/c11-6-8-2-1-7-3-4-9(12)5-10(7)8/h3-5,8,12H,1-2H2. The minimum absolute atomic E-state index is 0.00731. The second-order valence-electron chi connectivity index (χ2n) is 3.10. The summed E-state index contributed by atoms with van der Waals surface area (Å²) in [5.74, 6) is 0.253. The molecule has 0 saturated carbocycles. The minimum atomic E-state index is -0.00731. The molecule has 0 aromatic heterocycles. The van der Waals surface area contributed by atoms with E-state index in [1.165, 1.54) is 5.56 Å². The predicted molar refractivity (Wildman–Crippen MR) is 44.8 cm³/mol. The van der Waals surface area contributed by atoms with E-state index < -0.39 is 0 Å². The number of aromatic hydroxyl groups is 1. The Labute approximate surface area is 71.1 Å². The van der Waals surface area contributed by atoms with Gasteiger partial charge in [0.25, 0.3) is 0 Å². The molecule has 60 valence electrons. The smallest absolute Gasteiger partial charge is 0.115 e. The van der Waals surface area contributed by atoms with E-state index in [1.54, 1.807) is 12.1 Å². The van der Waals surface area contributed by atoms with Crippen LogP contribution in [0, 0.1) is 11.3 Å². The van der Waals surface area contributed by atoms with E-state index >= 15 is 0 Å². The number of rotatable bonds is 0. The molecule has 1 unspecified atom stereocenters. The zero-order valence-corrected chi connectivity index (χ0v) is 6.62. The highest BCUT2D eigenvalue weighted by molar-refractivity contribution is 5.42. The highest BCUT2D eigenvalue weighted by Crippen LogP contribution is 2.34. The number of hydrogen-bond donors (Lipinski definition) is 1. The number of nitriles is 1. The van der Waals surface area contributed by atoms with Gasteiger partial charge >= 0.3 is 0 Å². The average molecular weight is 159 g/mol. The number of phenols is 1. The molecule has 12 heavy (non-hydrogen) atoms. The van der Waals surface area contributed by atoms with Crippen molar-refractivity contribution in [3.05, 3.63) is 29.3 Å². The molecule has 0 saturated heterocycles. The van der Waals surface area contributed by atoms with E-state index in [2.05, 4.69) is 6.07 Å². The van der Waals surface area contributed by atoms with E-state index in [4.69, 9.17) is 5.26 Å². The van der Waals surface area contributed by atoms with Gasteiger partial charge in [0, 0.05) is 0 Å². The molecule has 0 aliphatic heterocycles. The summed E-state index contributed by atoms with van der Waals surface area (Å²) in [6.45, 7) is 0. The summed E-state index contributed by atoms with van der Waals surface area (Å²) in [6.07, 6.45) is 1.86. The van der Waals surface area contributed by atoms with Crippen molar-refractivity contribution in [1.29, 1.82) is 5.26 Å². The van der Waals surface area contributed by atoms with Crippen molar-refractivity contribution in [3.63, 3.8) is 0 Å². The maximum absolute atomic E-state index is 9.20. The fourth-order valence-electron chi connectivity index (χ4n) is 1.72. The Morgan fingerprint density at radius 3 is 3.08 bits per heavy atom. The van der Waals surface area contributed by atoms with Gasteiger partial charge in [-0.25, -0.2) is 0 Å². The zero-order valence-electron chi connectivity index (χ0n) is 6.62. The molecular weight excluding hydrogens is 150 g/mol. The number of aryl methyl sites for hydroxylation is 1. The third kappa shape index (κ3) is 0.947. The van der Waals surface area contributed by atoms with Gasteiger partial charge in [0.15, 0.2) is 0 Å². The highest BCUT2D eigenvalue weighted by atomic mass is 16.3. The molecule has 0 spiro atoms. The summed E-state index contributed by atoms with van der Waals surface area (Å²) in [4.78, 5) is 0. The first-order chi connectivity index (χ1) is 5.81. The maximum Gasteiger partial charge on any atom is 0.115 e. The van der Waals surface area contributed by atoms with Gasteiger partial charge in [-0.2, -0.15) is 5.26 Å². The van der Waals surface area contributed by atoms with Crippen LogP contribution in [0.5, 0.6) is 5.75 Å². The molecule has 1 aromatic carbocycles. The van der Waals surface area contributed by atoms with Crippen LogP contribution >= 0.6 is 0 Å². The van der Waals surface area contributed by atoms with Crippen molar-refractivity contribution >= 4 is 0 Å². The molecule has 1 aliphatic carbocycles. The molecule has 2 heteroatoms. The Hall–Kier alpha value is -1.49. The molecule has 0 radical (unpaired) electrons. The Balaban J connectivity index is 2.51. The van der Waals surface area contributed by atoms with Crippen molar-refractivity contribution in [2.45, 2.75) is 18.8 Å². The second-order valence-corrected chi connectivity index (χ2v) is 3.10. The van der Waals surface area contributed by atoms with Crippen LogP contribution in [0.15, 0.2) is 18.2 Å². The molecule has 0 amide bonds. The zero-order chi connectivity index (χ0) is 8.55. The fourth-order valence-corrected chi connectivity index (χ4v) is 1.72. The normalized spacial score (nSPS) is 20.1. The number of nitrogens with zero attached hydrogens (tertiary/aromatic N) is 1. The fraction of sp³-hybridized carbons (Fsp3) is 0.300. The largest absolute Gasteiger partial charge is 0.508 e. The number of benzene rings is 1. The van der Waals surface area contributed by atoms with Gasteiger partial charge < -0.3 is 5.11 Å². The van der Waals surface area contributed by atoms with E-state index in [0.717, 1.165) is 18.4 Å². The van der Waals surface area contributed by atoms with E-state index in [1.807, 2.05) is 6.07 Å². The number of phenolic OH excluding ortho intramolecular Hbond substituents is 1. The Bertz CT molecular complexity index is 351. The van der Waals surface area contributed by atoms with Crippen LogP contribution in [0.1, 0.15) is 23.5 Å². The molecule has 0 bridgehead atoms. The first-order valence-corrected chi connectivity index (χ1v) is 4.02. The van der Waals surface area contributed by atoms with Gasteiger partial charge in [-0.1, -0.05) is 6.07 Å². The molecule has 0 heterocycles. The van der Waals surface area contributed by atoms with E-state index in [9.17, 15) is 5.11 Å². The molecular formula is C10H9NO. The average Bonchev–Trinajstić information content (AvgIpc) is 2.46. The van der Waals surface area contributed by atoms with Crippen molar-refractivity contribution in [3.8, 4) is 11.8 Å². The second kappa shape index (κ2) is 2.53. The Morgan fingerprint density at radius 2 is 2.33 bits per heavy atom. The van der Waals surface area contributed by atoms with Gasteiger partial charge in [-0.3, -0.25) is 0 Å². The topological polar surface area (TPSA) is 44.0 Å². The summed E-state index contributed by atoms with van der Waals surface area (Å²) in [5.41, 5.74) is 2.22. The molecule has 1 aromatic rings. The van der Waals surface area contributed by atoms with Crippen LogP contribution in [0.3, 0.4) is 0 Å². The first kappa shape index (κ1) is 7.17. The molecule has 2 nitrogen and oxygen atoms in total. The first-order valence-electron chi connectivity index (χ1n) is 4.02. The number of hydrogen-bond acceptors (Lipinski definition) is 2. The molecule has 1 N–H and O–H groups in total.